The number of nitrogens with zero attached hydrogens (tertiary/aromatic N) is 3. The molecule has 162 valence electrons. The van der Waals surface area contributed by atoms with Crippen LogP contribution in [-0.2, 0) is 21.4 Å². The molecule has 0 bridgehead atoms. The normalized spacial score (nSPS) is 13.2. The minimum Gasteiger partial charge on any atom is -0.480 e. The molecule has 0 atom stereocenters. The van der Waals surface area contributed by atoms with Crippen LogP contribution in [0.1, 0.15) is 39.2 Å². The predicted octanol–water partition coefficient (Wildman–Crippen LogP) is -0.308. The fraction of sp³-hybridized carbons (Fsp3) is 0.611. The molecular weight excluding hydrogens is 398 g/mol. The maximum atomic E-state index is 11.6. The maximum Gasteiger partial charge on any atom is 0.350 e. The van der Waals surface area contributed by atoms with E-state index in [1.165, 1.54) is 25.8 Å². The van der Waals surface area contributed by atoms with E-state index in [9.17, 15) is 18.0 Å². The van der Waals surface area contributed by atoms with E-state index < -0.39 is 28.2 Å². The summed E-state index contributed by atoms with van der Waals surface area (Å²) in [7, 11) is -3.31. The molecule has 10 nitrogen and oxygen atoms in total. The zero-order valence-electron chi connectivity index (χ0n) is 17.0. The van der Waals surface area contributed by atoms with Gasteiger partial charge in [-0.3, -0.25) is 9.36 Å². The zero-order valence-corrected chi connectivity index (χ0v) is 17.8. The molecule has 0 spiro atoms. The van der Waals surface area contributed by atoms with Gasteiger partial charge in [-0.25, -0.2) is 17.9 Å². The lowest BCUT2D eigenvalue weighted by Gasteiger charge is -2.13. The molecule has 1 fully saturated rings. The first kappa shape index (κ1) is 24.6. The molecule has 4 N–H and O–H groups in total. The fourth-order valence-electron chi connectivity index (χ4n) is 2.30. The lowest BCUT2D eigenvalue weighted by atomic mass is 10.3. The molecule has 1 saturated carbocycles. The number of rotatable bonds is 8. The highest BCUT2D eigenvalue weighted by Gasteiger charge is 2.34. The van der Waals surface area contributed by atoms with Gasteiger partial charge in [0.05, 0.1) is 17.4 Å². The van der Waals surface area contributed by atoms with E-state index in [1.54, 1.807) is 0 Å². The van der Waals surface area contributed by atoms with Crippen LogP contribution in [0, 0.1) is 11.8 Å². The smallest absolute Gasteiger partial charge is 0.350 e. The highest BCUT2D eigenvalue weighted by Crippen LogP contribution is 2.27. The molecule has 1 aromatic rings. The number of hydrogen-bond acceptors (Lipinski definition) is 7. The standard InChI is InChI=1S/C12H14N4O5S.C6H15N/c13-11-8(6-16(7-10(17)18)12(19)15-11)2-1-5-14-22(20,21)9-3-4-9;1-4-7(5-2)6-3/h6,9,14H,3-5,7H2,(H,17,18)(H2,13,15,19);4-6H2,1-3H3. The SMILES string of the molecule is CCN(CC)CC.Nc1nc(=O)n(CC(=O)O)cc1C#CCNS(=O)(=O)C1CC1. The number of carbonyl (C=O) groups is 1. The van der Waals surface area contributed by atoms with Crippen molar-refractivity contribution in [1.82, 2.24) is 19.2 Å². The van der Waals surface area contributed by atoms with Gasteiger partial charge in [0.25, 0.3) is 0 Å². The van der Waals surface area contributed by atoms with Gasteiger partial charge >= 0.3 is 11.7 Å². The van der Waals surface area contributed by atoms with Crippen molar-refractivity contribution in [3.63, 3.8) is 0 Å². The topological polar surface area (TPSA) is 148 Å². The third kappa shape index (κ3) is 8.64. The second kappa shape index (κ2) is 11.5. The number of nitrogens with one attached hydrogen (secondary N) is 1. The van der Waals surface area contributed by atoms with Crippen LogP contribution in [-0.4, -0.2) is 65.4 Å². The Balaban J connectivity index is 0.000000516. The van der Waals surface area contributed by atoms with Crippen molar-refractivity contribution in [2.24, 2.45) is 0 Å². The van der Waals surface area contributed by atoms with Gasteiger partial charge in [-0.1, -0.05) is 32.6 Å². The number of anilines is 1. The Kier molecular flexibility index (Phi) is 9.80. The summed E-state index contributed by atoms with van der Waals surface area (Å²) in [4.78, 5) is 27.9. The van der Waals surface area contributed by atoms with Gasteiger partial charge in [0.1, 0.15) is 12.4 Å². The molecule has 29 heavy (non-hydrogen) atoms. The van der Waals surface area contributed by atoms with Crippen LogP contribution < -0.4 is 16.1 Å². The van der Waals surface area contributed by atoms with Crippen molar-refractivity contribution in [3.05, 3.63) is 22.2 Å². The third-order valence-corrected chi connectivity index (χ3v) is 6.11. The van der Waals surface area contributed by atoms with Gasteiger partial charge in [-0.2, -0.15) is 4.98 Å². The monoisotopic (exact) mass is 427 g/mol. The Hall–Kier alpha value is -2.42. The Morgan fingerprint density at radius 3 is 2.38 bits per heavy atom. The zero-order chi connectivity index (χ0) is 22.0. The molecule has 0 radical (unpaired) electrons. The second-order valence-corrected chi connectivity index (χ2v) is 8.38. The summed E-state index contributed by atoms with van der Waals surface area (Å²) < 4.78 is 26.3. The summed E-state index contributed by atoms with van der Waals surface area (Å²) in [6.07, 6.45) is 2.49. The van der Waals surface area contributed by atoms with Gasteiger partial charge in [0, 0.05) is 6.20 Å². The average molecular weight is 428 g/mol. The van der Waals surface area contributed by atoms with E-state index in [1.807, 2.05) is 0 Å². The summed E-state index contributed by atoms with van der Waals surface area (Å²) in [6.45, 7) is 9.46. The van der Waals surface area contributed by atoms with E-state index >= 15 is 0 Å². The van der Waals surface area contributed by atoms with Gasteiger partial charge in [-0.15, -0.1) is 0 Å². The largest absolute Gasteiger partial charge is 0.480 e. The first-order chi connectivity index (χ1) is 13.6. The van der Waals surface area contributed by atoms with Crippen LogP contribution in [0.25, 0.3) is 0 Å². The molecule has 0 aromatic carbocycles. The Morgan fingerprint density at radius 2 is 1.93 bits per heavy atom. The summed E-state index contributed by atoms with van der Waals surface area (Å²) in [6, 6.07) is 0. The Bertz CT molecular complexity index is 903. The molecule has 0 amide bonds. The van der Waals surface area contributed by atoms with Crippen molar-refractivity contribution in [3.8, 4) is 11.8 Å². The number of nitrogens with two attached hydrogens (primary N) is 1. The molecule has 1 aromatic heterocycles. The molecule has 1 aliphatic carbocycles. The van der Waals surface area contributed by atoms with E-state index in [0.717, 1.165) is 4.57 Å². The van der Waals surface area contributed by atoms with E-state index in [0.29, 0.717) is 12.8 Å². The molecule has 11 heteroatoms. The lowest BCUT2D eigenvalue weighted by molar-refractivity contribution is -0.137. The number of carboxylic acid groups (broad SMARTS) is 1. The van der Waals surface area contributed by atoms with Gasteiger partial charge in [-0.05, 0) is 32.5 Å². The minimum absolute atomic E-state index is 0.101. The highest BCUT2D eigenvalue weighted by atomic mass is 32.2. The Morgan fingerprint density at radius 1 is 1.34 bits per heavy atom. The van der Waals surface area contributed by atoms with Gasteiger partial charge < -0.3 is 15.7 Å². The molecular formula is C18H29N5O5S. The van der Waals surface area contributed by atoms with Crippen LogP contribution in [0.2, 0.25) is 0 Å². The van der Waals surface area contributed by atoms with E-state index in [4.69, 9.17) is 10.8 Å². The quantitative estimate of drug-likeness (QED) is 0.479. The summed E-state index contributed by atoms with van der Waals surface area (Å²) in [5.74, 6) is 3.79. The van der Waals surface area contributed by atoms with Crippen LogP contribution in [0.4, 0.5) is 5.82 Å². The average Bonchev–Trinajstić information content (AvgIpc) is 3.50. The molecule has 0 unspecified atom stereocenters. The number of carboxylic acids is 1. The van der Waals surface area contributed by atoms with Crippen molar-refractivity contribution < 1.29 is 18.3 Å². The maximum absolute atomic E-state index is 11.6. The van der Waals surface area contributed by atoms with Crippen LogP contribution in [0.3, 0.4) is 0 Å². The summed E-state index contributed by atoms with van der Waals surface area (Å²) in [5, 5.41) is 8.35. The predicted molar refractivity (Wildman–Crippen MR) is 111 cm³/mol. The molecule has 1 aliphatic rings. The minimum atomic E-state index is -3.31. The number of hydrogen-bond donors (Lipinski definition) is 3. The number of aliphatic carboxylic acids is 1. The fourth-order valence-corrected chi connectivity index (χ4v) is 3.57. The number of sulfonamides is 1. The van der Waals surface area contributed by atoms with Crippen molar-refractivity contribution in [1.29, 1.82) is 0 Å². The number of nitrogen functional groups attached to an aromatic ring is 1. The van der Waals surface area contributed by atoms with Crippen LogP contribution in [0.15, 0.2) is 11.0 Å². The molecule has 0 aliphatic heterocycles. The third-order valence-electron chi connectivity index (χ3n) is 4.22. The van der Waals surface area contributed by atoms with Crippen LogP contribution >= 0.6 is 0 Å². The molecule has 1 heterocycles. The second-order valence-electron chi connectivity index (χ2n) is 6.33. The van der Waals surface area contributed by atoms with Crippen LogP contribution in [0.5, 0.6) is 0 Å². The number of aromatic nitrogens is 2. The summed E-state index contributed by atoms with van der Waals surface area (Å²) in [5.41, 5.74) is 4.90. The first-order valence-corrected chi connectivity index (χ1v) is 11.0. The lowest BCUT2D eigenvalue weighted by Crippen LogP contribution is -2.28. The Labute approximate surface area is 171 Å². The van der Waals surface area contributed by atoms with E-state index in [2.05, 4.69) is 47.2 Å². The van der Waals surface area contributed by atoms with Gasteiger partial charge in [0.15, 0.2) is 0 Å². The molecule has 2 rings (SSSR count). The first-order valence-electron chi connectivity index (χ1n) is 9.42. The van der Waals surface area contributed by atoms with Crippen molar-refractivity contribution in [2.45, 2.75) is 45.4 Å². The van der Waals surface area contributed by atoms with Gasteiger partial charge in [0.2, 0.25) is 10.0 Å². The van der Waals surface area contributed by atoms with Crippen molar-refractivity contribution >= 4 is 21.8 Å². The summed E-state index contributed by atoms with van der Waals surface area (Å²) >= 11 is 0. The molecule has 0 saturated heterocycles. The van der Waals surface area contributed by atoms with E-state index in [-0.39, 0.29) is 23.2 Å². The van der Waals surface area contributed by atoms with Crippen molar-refractivity contribution in [2.75, 3.05) is 31.9 Å². The highest BCUT2D eigenvalue weighted by molar-refractivity contribution is 7.90.